The van der Waals surface area contributed by atoms with Crippen LogP contribution in [0.25, 0.3) is 0 Å². The highest BCUT2D eigenvalue weighted by Gasteiger charge is 2.12. The summed E-state index contributed by atoms with van der Waals surface area (Å²) in [6, 6.07) is 4.97. The van der Waals surface area contributed by atoms with Crippen LogP contribution in [0.3, 0.4) is 0 Å². The molecule has 0 aliphatic carbocycles. The summed E-state index contributed by atoms with van der Waals surface area (Å²) in [7, 11) is 0. The molecule has 1 aromatic carbocycles. The summed E-state index contributed by atoms with van der Waals surface area (Å²) in [6.07, 6.45) is 2.05. The zero-order chi connectivity index (χ0) is 12.8. The second-order valence-corrected chi connectivity index (χ2v) is 4.86. The average molecular weight is 299 g/mol. The number of benzene rings is 1. The third kappa shape index (κ3) is 4.66. The molecule has 0 aliphatic heterocycles. The molecule has 4 nitrogen and oxygen atoms in total. The molecule has 0 atom stereocenters. The van der Waals surface area contributed by atoms with E-state index >= 15 is 0 Å². The van der Waals surface area contributed by atoms with Crippen LogP contribution in [0.1, 0.15) is 19.4 Å². The van der Waals surface area contributed by atoms with Crippen molar-refractivity contribution in [3.05, 3.63) is 50.0 Å². The van der Waals surface area contributed by atoms with E-state index in [0.717, 1.165) is 4.47 Å². The van der Waals surface area contributed by atoms with Crippen LogP contribution < -0.4 is 5.32 Å². The van der Waals surface area contributed by atoms with Crippen molar-refractivity contribution >= 4 is 21.6 Å². The molecule has 0 spiro atoms. The third-order valence-corrected chi connectivity index (χ3v) is 2.70. The van der Waals surface area contributed by atoms with Gasteiger partial charge in [0.15, 0.2) is 0 Å². The number of halogens is 1. The van der Waals surface area contributed by atoms with Crippen LogP contribution in [0.5, 0.6) is 0 Å². The molecular weight excluding hydrogens is 284 g/mol. The predicted octanol–water partition coefficient (Wildman–Crippen LogP) is 3.41. The topological polar surface area (TPSA) is 55.2 Å². The van der Waals surface area contributed by atoms with Gasteiger partial charge in [0, 0.05) is 29.2 Å². The fourth-order valence-corrected chi connectivity index (χ4v) is 1.77. The van der Waals surface area contributed by atoms with E-state index in [-0.39, 0.29) is 10.6 Å². The van der Waals surface area contributed by atoms with Gasteiger partial charge in [-0.25, -0.2) is 0 Å². The Morgan fingerprint density at radius 3 is 2.82 bits per heavy atom. The number of nitrogens with zero attached hydrogens (tertiary/aromatic N) is 1. The molecule has 0 aromatic heterocycles. The molecule has 92 valence electrons. The van der Waals surface area contributed by atoms with Crippen LogP contribution in [-0.4, -0.2) is 11.5 Å². The number of allylic oxidation sites excluding steroid dienone is 1. The first-order valence-electron chi connectivity index (χ1n) is 5.27. The standard InChI is InChI=1S/C12H15BrN2O2/c1-9(2)5-6-14-8-10-7-11(13)3-4-12(10)15(16)17/h3-5,7,14H,6,8H2,1-2H3. The SMILES string of the molecule is CC(C)=CCNCc1cc(Br)ccc1[N+](=O)[O-]. The monoisotopic (exact) mass is 298 g/mol. The normalized spacial score (nSPS) is 10.1. The van der Waals surface area contributed by atoms with Gasteiger partial charge in [0.25, 0.3) is 5.69 Å². The molecule has 0 aliphatic rings. The minimum atomic E-state index is -0.357. The quantitative estimate of drug-likeness (QED) is 0.392. The number of nitro groups is 1. The summed E-state index contributed by atoms with van der Waals surface area (Å²) in [5.41, 5.74) is 2.06. The Bertz CT molecular complexity index is 440. The smallest absolute Gasteiger partial charge is 0.273 e. The van der Waals surface area contributed by atoms with Crippen molar-refractivity contribution in [1.29, 1.82) is 0 Å². The van der Waals surface area contributed by atoms with Crippen LogP contribution in [0.4, 0.5) is 5.69 Å². The molecule has 0 fully saturated rings. The van der Waals surface area contributed by atoms with Gasteiger partial charge in [0.05, 0.1) is 4.92 Å². The van der Waals surface area contributed by atoms with Gasteiger partial charge in [0.1, 0.15) is 0 Å². The van der Waals surface area contributed by atoms with E-state index in [4.69, 9.17) is 0 Å². The lowest BCUT2D eigenvalue weighted by Gasteiger charge is -2.04. The lowest BCUT2D eigenvalue weighted by atomic mass is 10.2. The molecular formula is C12H15BrN2O2. The molecule has 1 aromatic rings. The number of hydrogen-bond donors (Lipinski definition) is 1. The van der Waals surface area contributed by atoms with Gasteiger partial charge in [-0.1, -0.05) is 27.6 Å². The Morgan fingerprint density at radius 1 is 1.53 bits per heavy atom. The predicted molar refractivity (Wildman–Crippen MR) is 71.9 cm³/mol. The Morgan fingerprint density at radius 2 is 2.24 bits per heavy atom. The lowest BCUT2D eigenvalue weighted by molar-refractivity contribution is -0.385. The zero-order valence-corrected chi connectivity index (χ0v) is 11.5. The van der Waals surface area contributed by atoms with E-state index < -0.39 is 0 Å². The first kappa shape index (κ1) is 13.9. The largest absolute Gasteiger partial charge is 0.309 e. The molecule has 0 heterocycles. The van der Waals surface area contributed by atoms with E-state index in [0.29, 0.717) is 18.7 Å². The summed E-state index contributed by atoms with van der Waals surface area (Å²) in [5.74, 6) is 0. The van der Waals surface area contributed by atoms with Crippen molar-refractivity contribution in [3.8, 4) is 0 Å². The van der Waals surface area contributed by atoms with Crippen LogP contribution in [-0.2, 0) is 6.54 Å². The average Bonchev–Trinajstić information content (AvgIpc) is 2.23. The van der Waals surface area contributed by atoms with Crippen LogP contribution in [0, 0.1) is 10.1 Å². The summed E-state index contributed by atoms with van der Waals surface area (Å²) >= 11 is 3.32. The Labute approximate surface area is 109 Å². The molecule has 1 rings (SSSR count). The van der Waals surface area contributed by atoms with Crippen molar-refractivity contribution in [2.75, 3.05) is 6.54 Å². The maximum absolute atomic E-state index is 10.8. The van der Waals surface area contributed by atoms with Crippen molar-refractivity contribution in [2.45, 2.75) is 20.4 Å². The zero-order valence-electron chi connectivity index (χ0n) is 9.87. The van der Waals surface area contributed by atoms with Crippen molar-refractivity contribution in [1.82, 2.24) is 5.32 Å². The minimum Gasteiger partial charge on any atom is -0.309 e. The second kappa shape index (κ2) is 6.51. The number of rotatable bonds is 5. The molecule has 0 bridgehead atoms. The molecule has 1 N–H and O–H groups in total. The summed E-state index contributed by atoms with van der Waals surface area (Å²) in [6.45, 7) is 5.23. The Hall–Kier alpha value is -1.20. The summed E-state index contributed by atoms with van der Waals surface area (Å²) in [4.78, 5) is 10.5. The van der Waals surface area contributed by atoms with E-state index in [2.05, 4.69) is 21.2 Å². The van der Waals surface area contributed by atoms with Crippen molar-refractivity contribution in [3.63, 3.8) is 0 Å². The van der Waals surface area contributed by atoms with E-state index in [1.54, 1.807) is 12.1 Å². The first-order valence-corrected chi connectivity index (χ1v) is 6.07. The van der Waals surface area contributed by atoms with Crippen LogP contribution in [0.2, 0.25) is 0 Å². The second-order valence-electron chi connectivity index (χ2n) is 3.94. The minimum absolute atomic E-state index is 0.151. The van der Waals surface area contributed by atoms with Gasteiger partial charge < -0.3 is 5.32 Å². The Kier molecular flexibility index (Phi) is 5.31. The molecule has 0 radical (unpaired) electrons. The third-order valence-electron chi connectivity index (χ3n) is 2.21. The molecule has 0 unspecified atom stereocenters. The lowest BCUT2D eigenvalue weighted by Crippen LogP contribution is -2.14. The molecule has 5 heteroatoms. The number of hydrogen-bond acceptors (Lipinski definition) is 3. The van der Waals surface area contributed by atoms with Crippen molar-refractivity contribution in [2.24, 2.45) is 0 Å². The van der Waals surface area contributed by atoms with Crippen LogP contribution >= 0.6 is 15.9 Å². The molecule has 17 heavy (non-hydrogen) atoms. The fraction of sp³-hybridized carbons (Fsp3) is 0.333. The van der Waals surface area contributed by atoms with Crippen molar-refractivity contribution < 1.29 is 4.92 Å². The van der Waals surface area contributed by atoms with Gasteiger partial charge in [-0.05, 0) is 26.0 Å². The highest BCUT2D eigenvalue weighted by atomic mass is 79.9. The summed E-state index contributed by atoms with van der Waals surface area (Å²) in [5, 5.41) is 14.0. The maximum Gasteiger partial charge on any atom is 0.273 e. The van der Waals surface area contributed by atoms with E-state index in [1.807, 2.05) is 19.9 Å². The highest BCUT2D eigenvalue weighted by molar-refractivity contribution is 9.10. The van der Waals surface area contributed by atoms with E-state index in [1.165, 1.54) is 11.6 Å². The van der Waals surface area contributed by atoms with Gasteiger partial charge in [-0.2, -0.15) is 0 Å². The van der Waals surface area contributed by atoms with Gasteiger partial charge in [-0.3, -0.25) is 10.1 Å². The van der Waals surface area contributed by atoms with Gasteiger partial charge in [0.2, 0.25) is 0 Å². The van der Waals surface area contributed by atoms with E-state index in [9.17, 15) is 10.1 Å². The highest BCUT2D eigenvalue weighted by Crippen LogP contribution is 2.22. The fourth-order valence-electron chi connectivity index (χ4n) is 1.36. The molecule has 0 amide bonds. The number of nitro benzene ring substituents is 1. The van der Waals surface area contributed by atoms with Gasteiger partial charge >= 0.3 is 0 Å². The van der Waals surface area contributed by atoms with Crippen LogP contribution in [0.15, 0.2) is 34.3 Å². The van der Waals surface area contributed by atoms with Gasteiger partial charge in [-0.15, -0.1) is 0 Å². The number of nitrogens with one attached hydrogen (secondary N) is 1. The summed E-state index contributed by atoms with van der Waals surface area (Å²) < 4.78 is 0.849. The molecule has 0 saturated carbocycles. The Balaban J connectivity index is 2.72. The molecule has 0 saturated heterocycles. The first-order chi connectivity index (χ1) is 8.00. The maximum atomic E-state index is 10.8.